The van der Waals surface area contributed by atoms with E-state index in [-0.39, 0.29) is 22.6 Å². The fourth-order valence-electron chi connectivity index (χ4n) is 5.10. The first-order chi connectivity index (χ1) is 17.6. The Morgan fingerprint density at radius 2 is 1.49 bits per heavy atom. The molecule has 0 aliphatic heterocycles. The normalized spacial score (nSPS) is 14.0. The number of phenols is 1. The van der Waals surface area contributed by atoms with Gasteiger partial charge in [0.25, 0.3) is 0 Å². The molecule has 0 aromatic heterocycles. The molecule has 5 heteroatoms. The van der Waals surface area contributed by atoms with Gasteiger partial charge in [-0.2, -0.15) is 0 Å². The van der Waals surface area contributed by atoms with E-state index >= 15 is 0 Å². The monoisotopic (exact) mass is 499 g/mol. The Kier molecular flexibility index (Phi) is 8.01. The highest BCUT2D eigenvalue weighted by Crippen LogP contribution is 2.31. The second kappa shape index (κ2) is 11.2. The summed E-state index contributed by atoms with van der Waals surface area (Å²) in [4.78, 5) is 26.4. The number of carboxylic acid groups (broad SMARTS) is 1. The van der Waals surface area contributed by atoms with Crippen LogP contribution in [0.2, 0.25) is 0 Å². The number of anilines is 1. The van der Waals surface area contributed by atoms with E-state index in [0.29, 0.717) is 24.6 Å². The summed E-state index contributed by atoms with van der Waals surface area (Å²) < 4.78 is 0. The van der Waals surface area contributed by atoms with E-state index in [4.69, 9.17) is 0 Å². The molecule has 0 spiro atoms. The molecule has 1 fully saturated rings. The first-order valence-electron chi connectivity index (χ1n) is 13.2. The predicted molar refractivity (Wildman–Crippen MR) is 148 cm³/mol. The third-order valence-electron chi connectivity index (χ3n) is 7.44. The minimum Gasteiger partial charge on any atom is -0.507 e. The summed E-state index contributed by atoms with van der Waals surface area (Å²) in [5.41, 5.74) is 4.92. The maximum atomic E-state index is 13.4. The Labute approximate surface area is 219 Å². The molecule has 0 atom stereocenters. The van der Waals surface area contributed by atoms with Gasteiger partial charge in [-0.3, -0.25) is 4.79 Å². The lowest BCUT2D eigenvalue weighted by molar-refractivity contribution is -0.119. The lowest BCUT2D eigenvalue weighted by Crippen LogP contribution is -2.30. The van der Waals surface area contributed by atoms with Crippen molar-refractivity contribution in [2.75, 3.05) is 4.90 Å². The Hall–Kier alpha value is -3.60. The number of carbonyl (C=O) groups excluding carboxylic acids is 1. The molecule has 194 valence electrons. The van der Waals surface area contributed by atoms with Gasteiger partial charge in [0, 0.05) is 18.2 Å². The van der Waals surface area contributed by atoms with Crippen LogP contribution in [0.3, 0.4) is 0 Å². The van der Waals surface area contributed by atoms with Crippen LogP contribution in [0.25, 0.3) is 11.1 Å². The Morgan fingerprint density at radius 3 is 2.03 bits per heavy atom. The SMILES string of the molecule is CC(C)(C)c1ccc(-c2ccc(CN(C(=O)CCC3CCCC3)c3ccc(C(=O)O)c(O)c3)cc2)cc1. The van der Waals surface area contributed by atoms with Crippen molar-refractivity contribution in [2.45, 2.75) is 71.3 Å². The predicted octanol–water partition coefficient (Wildman–Crippen LogP) is 7.56. The van der Waals surface area contributed by atoms with Crippen LogP contribution in [0.1, 0.15) is 80.8 Å². The van der Waals surface area contributed by atoms with E-state index in [2.05, 4.69) is 57.2 Å². The summed E-state index contributed by atoms with van der Waals surface area (Å²) in [6.45, 7) is 6.95. The third kappa shape index (κ3) is 6.59. The summed E-state index contributed by atoms with van der Waals surface area (Å²) in [5, 5.41) is 19.6. The second-order valence-electron chi connectivity index (χ2n) is 11.2. The largest absolute Gasteiger partial charge is 0.507 e. The number of amides is 1. The highest BCUT2D eigenvalue weighted by atomic mass is 16.4. The van der Waals surface area contributed by atoms with Crippen LogP contribution in [0.4, 0.5) is 5.69 Å². The van der Waals surface area contributed by atoms with Crippen molar-refractivity contribution in [3.05, 3.63) is 83.4 Å². The number of hydrogen-bond acceptors (Lipinski definition) is 3. The molecule has 0 bridgehead atoms. The minimum absolute atomic E-state index is 0.0174. The van der Waals surface area contributed by atoms with Crippen LogP contribution in [-0.4, -0.2) is 22.1 Å². The topological polar surface area (TPSA) is 77.8 Å². The number of hydrogen-bond donors (Lipinski definition) is 2. The highest BCUT2D eigenvalue weighted by molar-refractivity contribution is 5.96. The second-order valence-corrected chi connectivity index (χ2v) is 11.2. The molecule has 5 nitrogen and oxygen atoms in total. The van der Waals surface area contributed by atoms with Gasteiger partial charge in [-0.05, 0) is 52.1 Å². The van der Waals surface area contributed by atoms with E-state index in [9.17, 15) is 19.8 Å². The maximum absolute atomic E-state index is 13.4. The summed E-state index contributed by atoms with van der Waals surface area (Å²) >= 11 is 0. The van der Waals surface area contributed by atoms with E-state index in [1.807, 2.05) is 12.1 Å². The molecule has 4 rings (SSSR count). The average molecular weight is 500 g/mol. The number of nitrogens with zero attached hydrogens (tertiary/aromatic N) is 1. The lowest BCUT2D eigenvalue weighted by Gasteiger charge is -2.24. The number of carboxylic acids is 1. The van der Waals surface area contributed by atoms with Crippen molar-refractivity contribution < 1.29 is 19.8 Å². The van der Waals surface area contributed by atoms with Crippen LogP contribution in [0.5, 0.6) is 5.75 Å². The van der Waals surface area contributed by atoms with Gasteiger partial charge in [0.15, 0.2) is 0 Å². The molecule has 1 saturated carbocycles. The number of rotatable bonds is 8. The zero-order valence-electron chi connectivity index (χ0n) is 22.0. The van der Waals surface area contributed by atoms with Crippen molar-refractivity contribution >= 4 is 17.6 Å². The van der Waals surface area contributed by atoms with Crippen molar-refractivity contribution in [3.8, 4) is 16.9 Å². The molecule has 0 unspecified atom stereocenters. The smallest absolute Gasteiger partial charge is 0.339 e. The molecule has 1 amide bonds. The van der Waals surface area contributed by atoms with Gasteiger partial charge >= 0.3 is 5.97 Å². The van der Waals surface area contributed by atoms with Crippen molar-refractivity contribution in [2.24, 2.45) is 5.92 Å². The first kappa shape index (κ1) is 26.5. The van der Waals surface area contributed by atoms with Crippen LogP contribution in [0.15, 0.2) is 66.7 Å². The molecule has 3 aromatic rings. The Morgan fingerprint density at radius 1 is 0.892 bits per heavy atom. The first-order valence-corrected chi connectivity index (χ1v) is 13.2. The fraction of sp³-hybridized carbons (Fsp3) is 0.375. The molecule has 0 radical (unpaired) electrons. The van der Waals surface area contributed by atoms with Gasteiger partial charge in [0.2, 0.25) is 5.91 Å². The molecule has 1 aliphatic carbocycles. The average Bonchev–Trinajstić information content (AvgIpc) is 3.39. The van der Waals surface area contributed by atoms with E-state index in [1.54, 1.807) is 11.0 Å². The van der Waals surface area contributed by atoms with E-state index in [1.165, 1.54) is 43.4 Å². The summed E-state index contributed by atoms with van der Waals surface area (Å²) in [6.07, 6.45) is 6.12. The third-order valence-corrected chi connectivity index (χ3v) is 7.44. The molecule has 1 aliphatic rings. The van der Waals surface area contributed by atoms with E-state index in [0.717, 1.165) is 23.1 Å². The number of aromatic carboxylic acids is 1. The molecule has 37 heavy (non-hydrogen) atoms. The maximum Gasteiger partial charge on any atom is 0.339 e. The van der Waals surface area contributed by atoms with Crippen molar-refractivity contribution in [1.29, 1.82) is 0 Å². The zero-order valence-corrected chi connectivity index (χ0v) is 22.0. The van der Waals surface area contributed by atoms with Crippen LogP contribution in [-0.2, 0) is 16.8 Å². The summed E-state index contributed by atoms with van der Waals surface area (Å²) in [5.74, 6) is -0.962. The van der Waals surface area contributed by atoms with Gasteiger partial charge in [-0.25, -0.2) is 4.79 Å². The minimum atomic E-state index is -1.20. The molecule has 3 aromatic carbocycles. The van der Waals surface area contributed by atoms with Gasteiger partial charge in [-0.1, -0.05) is 95.0 Å². The van der Waals surface area contributed by atoms with Crippen LogP contribution < -0.4 is 4.90 Å². The van der Waals surface area contributed by atoms with Crippen molar-refractivity contribution in [1.82, 2.24) is 0 Å². The molecular weight excluding hydrogens is 462 g/mol. The molecule has 0 heterocycles. The number of aromatic hydroxyl groups is 1. The van der Waals surface area contributed by atoms with Gasteiger partial charge in [0.05, 0.1) is 6.54 Å². The lowest BCUT2D eigenvalue weighted by atomic mass is 9.86. The van der Waals surface area contributed by atoms with Gasteiger partial charge < -0.3 is 15.1 Å². The van der Waals surface area contributed by atoms with Crippen LogP contribution >= 0.6 is 0 Å². The fourth-order valence-corrected chi connectivity index (χ4v) is 5.10. The quantitative estimate of drug-likeness (QED) is 0.335. The zero-order chi connectivity index (χ0) is 26.6. The number of benzene rings is 3. The highest BCUT2D eigenvalue weighted by Gasteiger charge is 2.22. The molecule has 2 N–H and O–H groups in total. The van der Waals surface area contributed by atoms with Crippen molar-refractivity contribution in [3.63, 3.8) is 0 Å². The molecule has 0 saturated heterocycles. The van der Waals surface area contributed by atoms with Crippen LogP contribution in [0, 0.1) is 5.92 Å². The van der Waals surface area contributed by atoms with E-state index < -0.39 is 5.97 Å². The standard InChI is InChI=1S/C32H37NO4/c1-32(2,3)26-15-13-25(14-16-26)24-11-8-23(9-12-24)21-33(30(35)19-10-22-6-4-5-7-22)27-17-18-28(31(36)37)29(34)20-27/h8-9,11-18,20,22,34H,4-7,10,19,21H2,1-3H3,(H,36,37). The Balaban J connectivity index is 1.54. The molecular formula is C32H37NO4. The number of carbonyl (C=O) groups is 2. The summed E-state index contributed by atoms with van der Waals surface area (Å²) in [6, 6.07) is 21.1. The Bertz CT molecular complexity index is 1230. The van der Waals surface area contributed by atoms with Gasteiger partial charge in [-0.15, -0.1) is 0 Å². The van der Waals surface area contributed by atoms with Gasteiger partial charge in [0.1, 0.15) is 11.3 Å². The summed E-state index contributed by atoms with van der Waals surface area (Å²) in [7, 11) is 0.